The van der Waals surface area contributed by atoms with Gasteiger partial charge in [0.1, 0.15) is 12.0 Å². The van der Waals surface area contributed by atoms with Crippen molar-refractivity contribution in [1.82, 2.24) is 24.5 Å². The minimum atomic E-state index is 0.388. The Morgan fingerprint density at radius 1 is 0.929 bits per heavy atom. The Morgan fingerprint density at radius 2 is 1.75 bits per heavy atom. The van der Waals surface area contributed by atoms with E-state index >= 15 is 0 Å². The number of benzene rings is 2. The third-order valence-corrected chi connectivity index (χ3v) is 4.97. The van der Waals surface area contributed by atoms with E-state index in [1.807, 2.05) is 34.9 Å². The molecular formula is C22H18N6. The number of hydrogen-bond donors (Lipinski definition) is 1. The number of aromatic nitrogens is 5. The average Bonchev–Trinajstić information content (AvgIpc) is 3.21. The first-order valence-corrected chi connectivity index (χ1v) is 9.06. The number of pyridine rings is 1. The van der Waals surface area contributed by atoms with Crippen molar-refractivity contribution in [3.63, 3.8) is 0 Å². The molecule has 136 valence electrons. The van der Waals surface area contributed by atoms with Crippen LogP contribution in [0.5, 0.6) is 0 Å². The number of hydrogen-bond acceptors (Lipinski definition) is 5. The molecule has 2 aromatic carbocycles. The molecule has 2 aliphatic rings. The molecule has 5 rings (SSSR count). The second-order valence-corrected chi connectivity index (χ2v) is 6.81. The van der Waals surface area contributed by atoms with Gasteiger partial charge < -0.3 is 10.3 Å². The molecule has 0 amide bonds. The van der Waals surface area contributed by atoms with Crippen molar-refractivity contribution in [1.29, 1.82) is 0 Å². The van der Waals surface area contributed by atoms with Crippen LogP contribution >= 0.6 is 0 Å². The summed E-state index contributed by atoms with van der Waals surface area (Å²) in [5.74, 6) is 1.11. The highest BCUT2D eigenvalue weighted by molar-refractivity contribution is 5.84. The van der Waals surface area contributed by atoms with Crippen molar-refractivity contribution in [2.24, 2.45) is 0 Å². The van der Waals surface area contributed by atoms with Crippen molar-refractivity contribution in [2.45, 2.75) is 13.5 Å². The summed E-state index contributed by atoms with van der Waals surface area (Å²) in [5, 5.41) is 1.10. The van der Waals surface area contributed by atoms with Gasteiger partial charge in [0.2, 0.25) is 0 Å². The van der Waals surface area contributed by atoms with E-state index in [2.05, 4.69) is 46.1 Å². The number of nitrogen functional groups attached to an aromatic ring is 1. The standard InChI is InChI=1S/C22H18N6/c1-14-6-2-4-8-17(14)19-16(10-15-7-3-5-9-18(15)27-19)11-28-13-26-21(23)20-22(28)25-12-24-20/h2-10,12-13H,11,23H2,1H3. The van der Waals surface area contributed by atoms with E-state index in [4.69, 9.17) is 10.7 Å². The number of rotatable bonds is 3. The van der Waals surface area contributed by atoms with Crippen LogP contribution in [-0.2, 0) is 6.54 Å². The summed E-state index contributed by atoms with van der Waals surface area (Å²) >= 11 is 0. The first kappa shape index (κ1) is 16.4. The maximum absolute atomic E-state index is 5.94. The maximum atomic E-state index is 5.94. The first-order chi connectivity index (χ1) is 13.7. The fourth-order valence-corrected chi connectivity index (χ4v) is 3.55. The highest BCUT2D eigenvalue weighted by Crippen LogP contribution is 2.30. The van der Waals surface area contributed by atoms with Crippen LogP contribution < -0.4 is 5.73 Å². The Bertz CT molecular complexity index is 1270. The minimum Gasteiger partial charge on any atom is -0.382 e. The van der Waals surface area contributed by atoms with Gasteiger partial charge in [-0.2, -0.15) is 0 Å². The molecule has 2 aliphatic heterocycles. The van der Waals surface area contributed by atoms with E-state index in [0.29, 0.717) is 18.1 Å². The molecule has 0 saturated carbocycles. The monoisotopic (exact) mass is 366 g/mol. The fraction of sp³-hybridized carbons (Fsp3) is 0.0909. The lowest BCUT2D eigenvalue weighted by Crippen LogP contribution is -2.10. The van der Waals surface area contributed by atoms with Crippen molar-refractivity contribution in [3.8, 4) is 22.8 Å². The lowest BCUT2D eigenvalue weighted by molar-refractivity contribution is 0.762. The van der Waals surface area contributed by atoms with Gasteiger partial charge in [-0.3, -0.25) is 0 Å². The first-order valence-electron chi connectivity index (χ1n) is 9.06. The number of anilines is 1. The average molecular weight is 366 g/mol. The third-order valence-electron chi connectivity index (χ3n) is 4.97. The maximum Gasteiger partial charge on any atom is 0.165 e. The van der Waals surface area contributed by atoms with E-state index < -0.39 is 0 Å². The molecule has 0 radical (unpaired) electrons. The molecule has 0 bridgehead atoms. The molecule has 3 heterocycles. The van der Waals surface area contributed by atoms with E-state index in [9.17, 15) is 0 Å². The third kappa shape index (κ3) is 2.66. The lowest BCUT2D eigenvalue weighted by Gasteiger charge is -2.16. The van der Waals surface area contributed by atoms with Crippen LogP contribution in [0, 0.1) is 6.92 Å². The highest BCUT2D eigenvalue weighted by atomic mass is 15.1. The number of nitrogens with zero attached hydrogens (tertiary/aromatic N) is 5. The van der Waals surface area contributed by atoms with Crippen molar-refractivity contribution < 1.29 is 0 Å². The van der Waals surface area contributed by atoms with Gasteiger partial charge in [-0.15, -0.1) is 0 Å². The van der Waals surface area contributed by atoms with Crippen LogP contribution in [0.1, 0.15) is 11.1 Å². The Kier molecular flexibility index (Phi) is 3.76. The molecule has 1 aromatic heterocycles. The van der Waals surface area contributed by atoms with Crippen LogP contribution in [0.2, 0.25) is 0 Å². The van der Waals surface area contributed by atoms with Crippen molar-refractivity contribution in [2.75, 3.05) is 5.73 Å². The van der Waals surface area contributed by atoms with Crippen LogP contribution in [0.4, 0.5) is 5.82 Å². The molecule has 28 heavy (non-hydrogen) atoms. The quantitative estimate of drug-likeness (QED) is 0.523. The summed E-state index contributed by atoms with van der Waals surface area (Å²) in [7, 11) is 0. The van der Waals surface area contributed by atoms with Crippen molar-refractivity contribution in [3.05, 3.63) is 78.4 Å². The predicted octanol–water partition coefficient (Wildman–Crippen LogP) is 3.93. The molecule has 3 aromatic rings. The normalized spacial score (nSPS) is 11.3. The summed E-state index contributed by atoms with van der Waals surface area (Å²) in [6, 6.07) is 18.7. The van der Waals surface area contributed by atoms with Crippen LogP contribution in [-0.4, -0.2) is 24.5 Å². The van der Waals surface area contributed by atoms with Gasteiger partial charge in [0.25, 0.3) is 0 Å². The Morgan fingerprint density at radius 3 is 2.64 bits per heavy atom. The zero-order valence-electron chi connectivity index (χ0n) is 15.4. The zero-order valence-corrected chi connectivity index (χ0v) is 15.4. The number of fused-ring (bicyclic) bond motifs is 2. The smallest absolute Gasteiger partial charge is 0.165 e. The second kappa shape index (κ2) is 6.42. The minimum absolute atomic E-state index is 0.388. The molecular weight excluding hydrogens is 348 g/mol. The van der Waals surface area contributed by atoms with E-state index in [-0.39, 0.29) is 0 Å². The Hall–Kier alpha value is -3.80. The van der Waals surface area contributed by atoms with Crippen LogP contribution in [0.3, 0.4) is 0 Å². The molecule has 0 aliphatic carbocycles. The summed E-state index contributed by atoms with van der Waals surface area (Å²) < 4.78 is 1.96. The number of nitrogens with two attached hydrogens (primary N) is 1. The number of para-hydroxylation sites is 1. The van der Waals surface area contributed by atoms with Crippen LogP contribution in [0.25, 0.3) is 33.7 Å². The molecule has 0 saturated heterocycles. The van der Waals surface area contributed by atoms with Gasteiger partial charge in [0.15, 0.2) is 11.6 Å². The van der Waals surface area contributed by atoms with Gasteiger partial charge in [-0.25, -0.2) is 19.9 Å². The summed E-state index contributed by atoms with van der Waals surface area (Å²) in [4.78, 5) is 17.9. The predicted molar refractivity (Wildman–Crippen MR) is 110 cm³/mol. The topological polar surface area (TPSA) is 82.5 Å². The van der Waals surface area contributed by atoms with Gasteiger partial charge in [0, 0.05) is 10.9 Å². The van der Waals surface area contributed by atoms with Crippen molar-refractivity contribution >= 4 is 16.7 Å². The van der Waals surface area contributed by atoms with Gasteiger partial charge >= 0.3 is 0 Å². The second-order valence-electron chi connectivity index (χ2n) is 6.81. The van der Waals surface area contributed by atoms with Gasteiger partial charge in [-0.1, -0.05) is 42.5 Å². The summed E-state index contributed by atoms with van der Waals surface area (Å²) in [5.41, 5.74) is 11.9. The molecule has 0 atom stereocenters. The van der Waals surface area contributed by atoms with E-state index in [1.165, 1.54) is 11.9 Å². The van der Waals surface area contributed by atoms with E-state index in [0.717, 1.165) is 33.5 Å². The summed E-state index contributed by atoms with van der Waals surface area (Å²) in [6.45, 7) is 2.68. The number of aryl methyl sites for hydroxylation is 1. The number of imidazole rings is 1. The Balaban J connectivity index is 1.71. The SMILES string of the molecule is Cc1ccccc1-c1nc2ccccc2cc1Cn1cnc(N)c2ncnc1-2. The molecule has 0 unspecified atom stereocenters. The van der Waals surface area contributed by atoms with E-state index in [1.54, 1.807) is 6.33 Å². The molecule has 0 fully saturated rings. The zero-order chi connectivity index (χ0) is 19.1. The molecule has 6 heteroatoms. The largest absolute Gasteiger partial charge is 0.382 e. The molecule has 6 nitrogen and oxygen atoms in total. The highest BCUT2D eigenvalue weighted by Gasteiger charge is 2.17. The lowest BCUT2D eigenvalue weighted by atomic mass is 9.99. The fourth-order valence-electron chi connectivity index (χ4n) is 3.55. The molecule has 2 N–H and O–H groups in total. The summed E-state index contributed by atoms with van der Waals surface area (Å²) in [6.07, 6.45) is 3.23. The molecule has 0 spiro atoms. The van der Waals surface area contributed by atoms with Gasteiger partial charge in [0.05, 0.1) is 24.1 Å². The Labute approximate surface area is 162 Å². The van der Waals surface area contributed by atoms with Gasteiger partial charge in [-0.05, 0) is 30.2 Å². The van der Waals surface area contributed by atoms with Crippen LogP contribution in [0.15, 0.2) is 67.3 Å².